The lowest BCUT2D eigenvalue weighted by atomic mass is 10.2. The lowest BCUT2D eigenvalue weighted by Crippen LogP contribution is -2.01. The van der Waals surface area contributed by atoms with Crippen molar-refractivity contribution in [2.24, 2.45) is 10.7 Å². The number of hydrogen-bond acceptors (Lipinski definition) is 4. The van der Waals surface area contributed by atoms with E-state index in [0.29, 0.717) is 22.3 Å². The summed E-state index contributed by atoms with van der Waals surface area (Å²) in [5, 5.41) is 0.916. The zero-order valence-corrected chi connectivity index (χ0v) is 17.4. The van der Waals surface area contributed by atoms with E-state index in [1.54, 1.807) is 6.08 Å². The molecule has 128 valence electrons. The highest BCUT2D eigenvalue weighted by Gasteiger charge is 2.20. The van der Waals surface area contributed by atoms with E-state index in [2.05, 4.69) is 36.9 Å². The van der Waals surface area contributed by atoms with Gasteiger partial charge in [0.1, 0.15) is 12.4 Å². The summed E-state index contributed by atoms with van der Waals surface area (Å²) in [7, 11) is 0. The molecule has 0 fully saturated rings. The molecule has 0 unspecified atom stereocenters. The normalized spacial score (nSPS) is 15.6. The number of thioether (sulfide) groups is 1. The number of aliphatic imine (C=N–C) groups is 1. The minimum absolute atomic E-state index is 0.258. The second-order valence-corrected chi connectivity index (χ2v) is 8.24. The number of halogens is 3. The van der Waals surface area contributed by atoms with Crippen LogP contribution in [0.2, 0.25) is 5.02 Å². The molecule has 2 aromatic rings. The summed E-state index contributed by atoms with van der Waals surface area (Å²) in [6, 6.07) is 11.2. The van der Waals surface area contributed by atoms with Gasteiger partial charge in [0.15, 0.2) is 5.17 Å². The van der Waals surface area contributed by atoms with Gasteiger partial charge >= 0.3 is 0 Å². The maximum atomic E-state index is 11.7. The van der Waals surface area contributed by atoms with Crippen LogP contribution < -0.4 is 10.5 Å². The fraction of sp³-hybridized carbons (Fsp3) is 0.0588. The highest BCUT2D eigenvalue weighted by Crippen LogP contribution is 2.37. The first-order valence-corrected chi connectivity index (χ1v) is 9.85. The number of benzene rings is 2. The highest BCUT2D eigenvalue weighted by molar-refractivity contribution is 9.11. The minimum Gasteiger partial charge on any atom is -0.486 e. The van der Waals surface area contributed by atoms with Gasteiger partial charge < -0.3 is 10.5 Å². The van der Waals surface area contributed by atoms with E-state index in [0.717, 1.165) is 31.8 Å². The molecule has 0 saturated heterocycles. The van der Waals surface area contributed by atoms with Gasteiger partial charge in [0, 0.05) is 10.6 Å². The van der Waals surface area contributed by atoms with Crippen LogP contribution in [0.5, 0.6) is 5.75 Å². The summed E-state index contributed by atoms with van der Waals surface area (Å²) in [6.45, 7) is 0.343. The summed E-state index contributed by atoms with van der Waals surface area (Å²) in [5.41, 5.74) is 7.28. The maximum absolute atomic E-state index is 11.7. The van der Waals surface area contributed by atoms with Crippen molar-refractivity contribution in [3.05, 3.63) is 66.4 Å². The van der Waals surface area contributed by atoms with Crippen LogP contribution in [0.4, 0.5) is 0 Å². The Kier molecular flexibility index (Phi) is 5.89. The highest BCUT2D eigenvalue weighted by atomic mass is 79.9. The van der Waals surface area contributed by atoms with Crippen LogP contribution in [0.1, 0.15) is 11.1 Å². The third-order valence-electron chi connectivity index (χ3n) is 3.29. The van der Waals surface area contributed by atoms with Gasteiger partial charge in [0.2, 0.25) is 0 Å². The van der Waals surface area contributed by atoms with Crippen LogP contribution >= 0.6 is 55.2 Å². The summed E-state index contributed by atoms with van der Waals surface area (Å²) in [5.74, 6) is 0.331. The quantitative estimate of drug-likeness (QED) is 0.571. The molecule has 0 bridgehead atoms. The molecule has 0 radical (unpaired) electrons. The maximum Gasteiger partial charge on any atom is 0.286 e. The van der Waals surface area contributed by atoms with Crippen molar-refractivity contribution in [2.45, 2.75) is 6.61 Å². The zero-order chi connectivity index (χ0) is 18.0. The zero-order valence-electron chi connectivity index (χ0n) is 12.6. The van der Waals surface area contributed by atoms with E-state index in [1.807, 2.05) is 36.4 Å². The Hall–Kier alpha value is -1.28. The van der Waals surface area contributed by atoms with Crippen molar-refractivity contribution in [1.29, 1.82) is 0 Å². The average molecular weight is 503 g/mol. The Morgan fingerprint density at radius 3 is 2.52 bits per heavy atom. The molecule has 8 heteroatoms. The Morgan fingerprint density at radius 1 is 1.24 bits per heavy atom. The number of nitrogens with two attached hydrogens (primary N) is 1. The molecule has 0 aromatic heterocycles. The SMILES string of the molecule is NC1=NC(=O)/C(=C/c2cc(Br)c(OCc3ccccc3Cl)c(Br)c2)S1. The van der Waals surface area contributed by atoms with E-state index < -0.39 is 0 Å². The molecule has 25 heavy (non-hydrogen) atoms. The molecule has 4 nitrogen and oxygen atoms in total. The fourth-order valence-corrected chi connectivity index (χ4v) is 4.47. The third-order valence-corrected chi connectivity index (χ3v) is 5.64. The number of rotatable bonds is 4. The summed E-state index contributed by atoms with van der Waals surface area (Å²) in [4.78, 5) is 15.9. The van der Waals surface area contributed by atoms with Gasteiger partial charge in [-0.3, -0.25) is 4.79 Å². The van der Waals surface area contributed by atoms with Crippen molar-refractivity contribution < 1.29 is 9.53 Å². The van der Waals surface area contributed by atoms with Crippen molar-refractivity contribution in [3.63, 3.8) is 0 Å². The van der Waals surface area contributed by atoms with Crippen LogP contribution in [-0.2, 0) is 11.4 Å². The number of amides is 1. The van der Waals surface area contributed by atoms with E-state index in [9.17, 15) is 4.79 Å². The molecule has 3 rings (SSSR count). The van der Waals surface area contributed by atoms with Crippen molar-refractivity contribution >= 4 is 72.4 Å². The smallest absolute Gasteiger partial charge is 0.286 e. The standard InChI is InChI=1S/C17H11Br2ClN2O2S/c18-11-5-9(7-14-16(23)22-17(21)25-14)6-12(19)15(11)24-8-10-3-1-2-4-13(10)20/h1-7H,8H2,(H2,21,22,23)/b14-7-. The average Bonchev–Trinajstić information content (AvgIpc) is 2.85. The minimum atomic E-state index is -0.325. The van der Waals surface area contributed by atoms with Gasteiger partial charge in [-0.1, -0.05) is 29.8 Å². The molecule has 0 saturated carbocycles. The van der Waals surface area contributed by atoms with Gasteiger partial charge in [0.05, 0.1) is 13.9 Å². The second kappa shape index (κ2) is 7.95. The van der Waals surface area contributed by atoms with Gasteiger partial charge in [-0.15, -0.1) is 0 Å². The number of amidine groups is 1. The molecule has 0 atom stereocenters. The largest absolute Gasteiger partial charge is 0.486 e. The third kappa shape index (κ3) is 4.47. The summed E-state index contributed by atoms with van der Waals surface area (Å²) in [6.07, 6.45) is 1.74. The number of carbonyl (C=O) groups excluding carboxylic acids is 1. The van der Waals surface area contributed by atoms with Gasteiger partial charge in [-0.05, 0) is 73.5 Å². The van der Waals surface area contributed by atoms with Crippen LogP contribution in [0, 0.1) is 0 Å². The Balaban J connectivity index is 1.80. The predicted octanol–water partition coefficient (Wildman–Crippen LogP) is 5.37. The molecule has 1 aliphatic heterocycles. The Morgan fingerprint density at radius 2 is 1.92 bits per heavy atom. The number of carbonyl (C=O) groups is 1. The predicted molar refractivity (Wildman–Crippen MR) is 110 cm³/mol. The molecule has 2 N–H and O–H groups in total. The number of ether oxygens (including phenoxy) is 1. The monoisotopic (exact) mass is 500 g/mol. The Labute approximate surface area is 170 Å². The first-order chi connectivity index (χ1) is 11.9. The van der Waals surface area contributed by atoms with Crippen molar-refractivity contribution in [2.75, 3.05) is 0 Å². The van der Waals surface area contributed by atoms with Crippen LogP contribution in [0.15, 0.2) is 55.2 Å². The first-order valence-electron chi connectivity index (χ1n) is 7.07. The van der Waals surface area contributed by atoms with E-state index in [-0.39, 0.29) is 11.1 Å². The molecule has 1 heterocycles. The van der Waals surface area contributed by atoms with Crippen LogP contribution in [0.25, 0.3) is 6.08 Å². The lowest BCUT2D eigenvalue weighted by molar-refractivity contribution is -0.113. The lowest BCUT2D eigenvalue weighted by Gasteiger charge is -2.12. The van der Waals surface area contributed by atoms with Crippen LogP contribution in [-0.4, -0.2) is 11.1 Å². The van der Waals surface area contributed by atoms with E-state index >= 15 is 0 Å². The van der Waals surface area contributed by atoms with E-state index in [1.165, 1.54) is 0 Å². The van der Waals surface area contributed by atoms with Gasteiger partial charge in [0.25, 0.3) is 5.91 Å². The van der Waals surface area contributed by atoms with Crippen molar-refractivity contribution in [1.82, 2.24) is 0 Å². The number of nitrogens with zero attached hydrogens (tertiary/aromatic N) is 1. The molecular formula is C17H11Br2ClN2O2S. The second-order valence-electron chi connectivity index (χ2n) is 5.06. The molecule has 1 aliphatic rings. The summed E-state index contributed by atoms with van der Waals surface area (Å²) >= 11 is 14.3. The molecule has 0 spiro atoms. The van der Waals surface area contributed by atoms with Gasteiger partial charge in [-0.25, -0.2) is 0 Å². The van der Waals surface area contributed by atoms with Crippen molar-refractivity contribution in [3.8, 4) is 5.75 Å². The first kappa shape index (κ1) is 18.5. The summed E-state index contributed by atoms with van der Waals surface area (Å²) < 4.78 is 7.39. The molecule has 1 amide bonds. The number of hydrogen-bond donors (Lipinski definition) is 1. The molecule has 0 aliphatic carbocycles. The van der Waals surface area contributed by atoms with E-state index in [4.69, 9.17) is 22.1 Å². The fourth-order valence-electron chi connectivity index (χ4n) is 2.14. The molecule has 2 aromatic carbocycles. The Bertz CT molecular complexity index is 892. The van der Waals surface area contributed by atoms with Crippen LogP contribution in [0.3, 0.4) is 0 Å². The van der Waals surface area contributed by atoms with Gasteiger partial charge in [-0.2, -0.15) is 4.99 Å². The molecular weight excluding hydrogens is 492 g/mol. The topological polar surface area (TPSA) is 64.7 Å².